The van der Waals surface area contributed by atoms with Crippen molar-refractivity contribution in [1.29, 1.82) is 0 Å². The van der Waals surface area contributed by atoms with Gasteiger partial charge in [0.05, 0.1) is 12.7 Å². The van der Waals surface area contributed by atoms with Gasteiger partial charge in [-0.2, -0.15) is 5.10 Å². The minimum atomic E-state index is -1.09. The number of hydrogen-bond donors (Lipinski definition) is 2. The SMILES string of the molecule is CCC(C)C(=O)NCC(C)(O)c1cnn(C)c1. The molecule has 5 nitrogen and oxygen atoms in total. The Hall–Kier alpha value is -1.36. The maximum Gasteiger partial charge on any atom is 0.222 e. The van der Waals surface area contributed by atoms with Crippen molar-refractivity contribution in [3.63, 3.8) is 0 Å². The third kappa shape index (κ3) is 3.56. The lowest BCUT2D eigenvalue weighted by atomic mass is 9.99. The van der Waals surface area contributed by atoms with Crippen molar-refractivity contribution in [2.24, 2.45) is 13.0 Å². The first-order valence-electron chi connectivity index (χ1n) is 5.86. The zero-order chi connectivity index (χ0) is 13.1. The summed E-state index contributed by atoms with van der Waals surface area (Å²) in [5.74, 6) is -0.0589. The van der Waals surface area contributed by atoms with E-state index in [1.54, 1.807) is 31.0 Å². The molecular formula is C12H21N3O2. The molecular weight excluding hydrogens is 218 g/mol. The third-order valence-electron chi connectivity index (χ3n) is 2.99. The summed E-state index contributed by atoms with van der Waals surface area (Å²) in [5, 5.41) is 17.0. The Bertz CT molecular complexity index is 385. The van der Waals surface area contributed by atoms with Gasteiger partial charge in [-0.1, -0.05) is 13.8 Å². The van der Waals surface area contributed by atoms with E-state index in [2.05, 4.69) is 10.4 Å². The normalized spacial score (nSPS) is 16.3. The van der Waals surface area contributed by atoms with Crippen LogP contribution in [-0.2, 0) is 17.4 Å². The van der Waals surface area contributed by atoms with E-state index < -0.39 is 5.60 Å². The van der Waals surface area contributed by atoms with Gasteiger partial charge in [0.2, 0.25) is 5.91 Å². The molecule has 0 saturated heterocycles. The largest absolute Gasteiger partial charge is 0.383 e. The van der Waals surface area contributed by atoms with Crippen LogP contribution in [0.25, 0.3) is 0 Å². The third-order valence-corrected chi connectivity index (χ3v) is 2.99. The van der Waals surface area contributed by atoms with Gasteiger partial charge in [0.15, 0.2) is 0 Å². The summed E-state index contributed by atoms with van der Waals surface area (Å²) in [7, 11) is 1.79. The fourth-order valence-corrected chi connectivity index (χ4v) is 1.42. The number of aromatic nitrogens is 2. The van der Waals surface area contributed by atoms with E-state index in [0.29, 0.717) is 5.56 Å². The topological polar surface area (TPSA) is 67.2 Å². The van der Waals surface area contributed by atoms with E-state index in [0.717, 1.165) is 6.42 Å². The second-order valence-electron chi connectivity index (χ2n) is 4.70. The number of amides is 1. The van der Waals surface area contributed by atoms with Crippen LogP contribution in [0.1, 0.15) is 32.8 Å². The van der Waals surface area contributed by atoms with Crippen molar-refractivity contribution in [1.82, 2.24) is 15.1 Å². The molecule has 1 aromatic heterocycles. The van der Waals surface area contributed by atoms with Gasteiger partial charge >= 0.3 is 0 Å². The number of nitrogens with one attached hydrogen (secondary N) is 1. The predicted octanol–water partition coefficient (Wildman–Crippen LogP) is 0.790. The minimum absolute atomic E-state index is 0.0281. The number of rotatable bonds is 5. The predicted molar refractivity (Wildman–Crippen MR) is 65.2 cm³/mol. The molecule has 1 amide bonds. The summed E-state index contributed by atoms with van der Waals surface area (Å²) in [6.45, 7) is 5.69. The zero-order valence-electron chi connectivity index (χ0n) is 10.9. The van der Waals surface area contributed by atoms with Gasteiger partial charge in [0.25, 0.3) is 0 Å². The average molecular weight is 239 g/mol. The molecule has 0 fully saturated rings. The van der Waals surface area contributed by atoms with Crippen LogP contribution in [0.4, 0.5) is 0 Å². The van der Waals surface area contributed by atoms with Gasteiger partial charge in [0.1, 0.15) is 5.60 Å². The Morgan fingerprint density at radius 2 is 2.35 bits per heavy atom. The summed E-state index contributed by atoms with van der Waals surface area (Å²) in [5.41, 5.74) is -0.387. The number of carbonyl (C=O) groups is 1. The second-order valence-corrected chi connectivity index (χ2v) is 4.70. The summed E-state index contributed by atoms with van der Waals surface area (Å²) in [4.78, 5) is 11.6. The van der Waals surface area contributed by atoms with Crippen molar-refractivity contribution in [3.05, 3.63) is 18.0 Å². The van der Waals surface area contributed by atoms with Crippen LogP contribution in [0.3, 0.4) is 0 Å². The van der Waals surface area contributed by atoms with Gasteiger partial charge in [0, 0.05) is 24.7 Å². The number of aliphatic hydroxyl groups is 1. The molecule has 0 saturated carbocycles. The van der Waals surface area contributed by atoms with Gasteiger partial charge < -0.3 is 10.4 Å². The Morgan fingerprint density at radius 1 is 1.71 bits per heavy atom. The first kappa shape index (κ1) is 13.7. The van der Waals surface area contributed by atoms with Crippen molar-refractivity contribution >= 4 is 5.91 Å². The quantitative estimate of drug-likeness (QED) is 0.798. The van der Waals surface area contributed by atoms with E-state index in [-0.39, 0.29) is 18.4 Å². The molecule has 1 aromatic rings. The minimum Gasteiger partial charge on any atom is -0.383 e. The molecule has 0 aromatic carbocycles. The summed E-state index contributed by atoms with van der Waals surface area (Å²) >= 11 is 0. The van der Waals surface area contributed by atoms with Crippen LogP contribution in [0.2, 0.25) is 0 Å². The Morgan fingerprint density at radius 3 is 2.82 bits per heavy atom. The van der Waals surface area contributed by atoms with Gasteiger partial charge in [-0.25, -0.2) is 0 Å². The van der Waals surface area contributed by atoms with Crippen LogP contribution in [0.5, 0.6) is 0 Å². The summed E-state index contributed by atoms with van der Waals surface area (Å²) in [6, 6.07) is 0. The lowest BCUT2D eigenvalue weighted by molar-refractivity contribution is -0.125. The van der Waals surface area contributed by atoms with Crippen LogP contribution < -0.4 is 5.32 Å². The molecule has 0 aliphatic heterocycles. The Balaban J connectivity index is 2.59. The Labute approximate surface area is 102 Å². The van der Waals surface area contributed by atoms with E-state index >= 15 is 0 Å². The maximum absolute atomic E-state index is 11.6. The average Bonchev–Trinajstić information content (AvgIpc) is 2.72. The highest BCUT2D eigenvalue weighted by Gasteiger charge is 2.26. The fraction of sp³-hybridized carbons (Fsp3) is 0.667. The Kier molecular flexibility index (Phi) is 4.28. The van der Waals surface area contributed by atoms with Crippen LogP contribution in [-0.4, -0.2) is 27.3 Å². The van der Waals surface area contributed by atoms with Crippen LogP contribution >= 0.6 is 0 Å². The zero-order valence-corrected chi connectivity index (χ0v) is 10.9. The van der Waals surface area contributed by atoms with Gasteiger partial charge in [-0.05, 0) is 13.3 Å². The highest BCUT2D eigenvalue weighted by atomic mass is 16.3. The van der Waals surface area contributed by atoms with Crippen molar-refractivity contribution < 1.29 is 9.90 Å². The van der Waals surface area contributed by atoms with Gasteiger partial charge in [-0.15, -0.1) is 0 Å². The molecule has 17 heavy (non-hydrogen) atoms. The lowest BCUT2D eigenvalue weighted by Crippen LogP contribution is -2.40. The highest BCUT2D eigenvalue weighted by molar-refractivity contribution is 5.78. The van der Waals surface area contributed by atoms with E-state index in [1.165, 1.54) is 0 Å². The number of hydrogen-bond acceptors (Lipinski definition) is 3. The fourth-order valence-electron chi connectivity index (χ4n) is 1.42. The van der Waals surface area contributed by atoms with E-state index in [9.17, 15) is 9.90 Å². The molecule has 2 atom stereocenters. The van der Waals surface area contributed by atoms with Crippen molar-refractivity contribution in [2.45, 2.75) is 32.8 Å². The molecule has 1 rings (SSSR count). The second kappa shape index (κ2) is 5.31. The molecule has 1 heterocycles. The molecule has 0 aliphatic rings. The number of carbonyl (C=O) groups excluding carboxylic acids is 1. The molecule has 0 aliphatic carbocycles. The lowest BCUT2D eigenvalue weighted by Gasteiger charge is -2.23. The van der Waals surface area contributed by atoms with Crippen LogP contribution in [0, 0.1) is 5.92 Å². The van der Waals surface area contributed by atoms with Crippen molar-refractivity contribution in [2.75, 3.05) is 6.54 Å². The molecule has 5 heteroatoms. The number of nitrogens with zero attached hydrogens (tertiary/aromatic N) is 2. The van der Waals surface area contributed by atoms with Crippen LogP contribution in [0.15, 0.2) is 12.4 Å². The number of aryl methyl sites for hydroxylation is 1. The molecule has 96 valence electrons. The molecule has 2 N–H and O–H groups in total. The van der Waals surface area contributed by atoms with Gasteiger partial charge in [-0.3, -0.25) is 9.48 Å². The molecule has 0 bridgehead atoms. The standard InChI is InChI=1S/C12H21N3O2/c1-5-9(2)11(16)13-8-12(3,17)10-6-14-15(4)7-10/h6-7,9,17H,5,8H2,1-4H3,(H,13,16). The van der Waals surface area contributed by atoms with E-state index in [1.807, 2.05) is 13.8 Å². The molecule has 0 spiro atoms. The summed E-state index contributed by atoms with van der Waals surface area (Å²) < 4.78 is 1.63. The van der Waals surface area contributed by atoms with E-state index in [4.69, 9.17) is 0 Å². The molecule has 0 radical (unpaired) electrons. The maximum atomic E-state index is 11.6. The first-order chi connectivity index (χ1) is 7.86. The smallest absolute Gasteiger partial charge is 0.222 e. The first-order valence-corrected chi connectivity index (χ1v) is 5.86. The summed E-state index contributed by atoms with van der Waals surface area (Å²) in [6.07, 6.45) is 4.14. The molecule has 2 unspecified atom stereocenters. The monoisotopic (exact) mass is 239 g/mol. The van der Waals surface area contributed by atoms with Crippen molar-refractivity contribution in [3.8, 4) is 0 Å². The highest BCUT2D eigenvalue weighted by Crippen LogP contribution is 2.18.